The van der Waals surface area contributed by atoms with Gasteiger partial charge in [-0.25, -0.2) is 0 Å². The third kappa shape index (κ3) is 4.23. The van der Waals surface area contributed by atoms with Gasteiger partial charge in [0.15, 0.2) is 0 Å². The predicted octanol–water partition coefficient (Wildman–Crippen LogP) is 0.932. The lowest BCUT2D eigenvalue weighted by Gasteiger charge is -2.33. The number of aryl methyl sites for hydroxylation is 1. The van der Waals surface area contributed by atoms with Crippen LogP contribution in [0, 0.1) is 0 Å². The zero-order valence-corrected chi connectivity index (χ0v) is 12.3. The molecule has 1 saturated heterocycles. The van der Waals surface area contributed by atoms with Crippen LogP contribution in [0.4, 0.5) is 5.69 Å². The van der Waals surface area contributed by atoms with Crippen molar-refractivity contribution in [1.29, 1.82) is 0 Å². The van der Waals surface area contributed by atoms with E-state index < -0.39 is 0 Å². The van der Waals surface area contributed by atoms with Gasteiger partial charge in [0.25, 0.3) is 0 Å². The van der Waals surface area contributed by atoms with Gasteiger partial charge in [-0.1, -0.05) is 6.92 Å². The Balaban J connectivity index is 1.80. The molecule has 2 rings (SSSR count). The van der Waals surface area contributed by atoms with Gasteiger partial charge in [0.05, 0.1) is 11.9 Å². The first-order chi connectivity index (χ1) is 9.69. The second-order valence-electron chi connectivity index (χ2n) is 5.28. The largest absolute Gasteiger partial charge is 0.372 e. The van der Waals surface area contributed by atoms with Gasteiger partial charge in [-0.2, -0.15) is 5.10 Å². The lowest BCUT2D eigenvalue weighted by molar-refractivity contribution is -0.126. The summed E-state index contributed by atoms with van der Waals surface area (Å²) in [5.41, 5.74) is 1.12. The van der Waals surface area contributed by atoms with E-state index >= 15 is 0 Å². The summed E-state index contributed by atoms with van der Waals surface area (Å²) in [7, 11) is 1.91. The highest BCUT2D eigenvalue weighted by Gasteiger charge is 2.22. The fraction of sp³-hybridized carbons (Fsp3) is 0.714. The van der Waals surface area contributed by atoms with Crippen molar-refractivity contribution >= 4 is 11.6 Å². The lowest BCUT2D eigenvalue weighted by Crippen LogP contribution is -2.48. The van der Waals surface area contributed by atoms with Crippen LogP contribution >= 0.6 is 0 Å². The zero-order valence-electron chi connectivity index (χ0n) is 12.3. The maximum Gasteiger partial charge on any atom is 0.246 e. The van der Waals surface area contributed by atoms with E-state index in [-0.39, 0.29) is 18.6 Å². The zero-order chi connectivity index (χ0) is 14.4. The molecule has 112 valence electrons. The molecule has 6 heteroatoms. The fourth-order valence-electron chi connectivity index (χ4n) is 2.48. The number of nitrogens with one attached hydrogen (secondary N) is 1. The number of hydrogen-bond donors (Lipinski definition) is 1. The summed E-state index contributed by atoms with van der Waals surface area (Å²) >= 11 is 0. The van der Waals surface area contributed by atoms with Crippen LogP contribution < -0.4 is 10.2 Å². The average molecular weight is 280 g/mol. The second kappa shape index (κ2) is 7.28. The monoisotopic (exact) mass is 280 g/mol. The number of rotatable bonds is 6. The van der Waals surface area contributed by atoms with Crippen molar-refractivity contribution in [3.8, 4) is 0 Å². The second-order valence-corrected chi connectivity index (χ2v) is 5.28. The molecular formula is C14H24N4O2. The van der Waals surface area contributed by atoms with Crippen LogP contribution in [-0.2, 0) is 16.6 Å². The third-order valence-electron chi connectivity index (χ3n) is 3.42. The maximum atomic E-state index is 11.8. The highest BCUT2D eigenvalue weighted by atomic mass is 16.5. The van der Waals surface area contributed by atoms with Crippen molar-refractivity contribution in [2.75, 3.05) is 31.2 Å². The Morgan fingerprint density at radius 1 is 1.60 bits per heavy atom. The average Bonchev–Trinajstić information content (AvgIpc) is 2.86. The van der Waals surface area contributed by atoms with Crippen LogP contribution in [0.2, 0.25) is 0 Å². The molecule has 1 aromatic heterocycles. The predicted molar refractivity (Wildman–Crippen MR) is 77.7 cm³/mol. The van der Waals surface area contributed by atoms with E-state index in [1.54, 1.807) is 4.68 Å². The molecule has 0 aliphatic carbocycles. The SMILES string of the molecule is CCCOCC(=O)NC1CCCN(c2cnn(C)c2)C1. The molecular weight excluding hydrogens is 256 g/mol. The first kappa shape index (κ1) is 14.8. The van der Waals surface area contributed by atoms with Crippen molar-refractivity contribution in [2.45, 2.75) is 32.2 Å². The van der Waals surface area contributed by atoms with E-state index in [4.69, 9.17) is 4.74 Å². The molecule has 2 heterocycles. The molecule has 1 N–H and O–H groups in total. The van der Waals surface area contributed by atoms with Gasteiger partial charge < -0.3 is 15.0 Å². The first-order valence-corrected chi connectivity index (χ1v) is 7.29. The Morgan fingerprint density at radius 3 is 3.15 bits per heavy atom. The van der Waals surface area contributed by atoms with Crippen LogP contribution in [0.5, 0.6) is 0 Å². The summed E-state index contributed by atoms with van der Waals surface area (Å²) < 4.78 is 7.06. The van der Waals surface area contributed by atoms with E-state index in [0.29, 0.717) is 6.61 Å². The van der Waals surface area contributed by atoms with Crippen LogP contribution in [-0.4, -0.2) is 48.0 Å². The summed E-state index contributed by atoms with van der Waals surface area (Å²) in [5, 5.41) is 7.25. The smallest absolute Gasteiger partial charge is 0.246 e. The van der Waals surface area contributed by atoms with Crippen molar-refractivity contribution < 1.29 is 9.53 Å². The molecule has 1 unspecified atom stereocenters. The molecule has 1 aromatic rings. The molecule has 0 radical (unpaired) electrons. The summed E-state index contributed by atoms with van der Waals surface area (Å²) in [5.74, 6) is -0.0171. The number of piperidine rings is 1. The molecule has 0 aromatic carbocycles. The summed E-state index contributed by atoms with van der Waals surface area (Å²) in [6.07, 6.45) is 6.92. The number of aromatic nitrogens is 2. The Bertz CT molecular complexity index is 433. The van der Waals surface area contributed by atoms with Gasteiger partial charge in [0.1, 0.15) is 6.61 Å². The molecule has 0 spiro atoms. The molecule has 6 nitrogen and oxygen atoms in total. The summed E-state index contributed by atoms with van der Waals surface area (Å²) in [6, 6.07) is 0.196. The maximum absolute atomic E-state index is 11.8. The number of carbonyl (C=O) groups excluding carboxylic acids is 1. The Hall–Kier alpha value is -1.56. The molecule has 1 aliphatic heterocycles. The minimum atomic E-state index is -0.0171. The minimum Gasteiger partial charge on any atom is -0.372 e. The molecule has 1 aliphatic rings. The van der Waals surface area contributed by atoms with E-state index in [1.165, 1.54) is 0 Å². The number of nitrogens with zero attached hydrogens (tertiary/aromatic N) is 3. The van der Waals surface area contributed by atoms with Gasteiger partial charge in [-0.05, 0) is 19.3 Å². The van der Waals surface area contributed by atoms with Gasteiger partial charge in [-0.3, -0.25) is 9.48 Å². The minimum absolute atomic E-state index is 0.0171. The topological polar surface area (TPSA) is 59.4 Å². The van der Waals surface area contributed by atoms with Crippen LogP contribution in [0.15, 0.2) is 12.4 Å². The normalized spacial score (nSPS) is 19.1. The fourth-order valence-corrected chi connectivity index (χ4v) is 2.48. The molecule has 1 atom stereocenters. The van der Waals surface area contributed by atoms with Gasteiger partial charge in [0.2, 0.25) is 5.91 Å². The molecule has 0 saturated carbocycles. The number of carbonyl (C=O) groups is 1. The molecule has 0 bridgehead atoms. The van der Waals surface area contributed by atoms with E-state index in [1.807, 2.05) is 26.4 Å². The summed E-state index contributed by atoms with van der Waals surface area (Å²) in [4.78, 5) is 14.0. The number of hydrogen-bond acceptors (Lipinski definition) is 4. The first-order valence-electron chi connectivity index (χ1n) is 7.29. The summed E-state index contributed by atoms with van der Waals surface area (Å²) in [6.45, 7) is 4.69. The Morgan fingerprint density at radius 2 is 2.45 bits per heavy atom. The van der Waals surface area contributed by atoms with Gasteiger partial charge in [0, 0.05) is 39.0 Å². The number of amides is 1. The van der Waals surface area contributed by atoms with E-state index in [2.05, 4.69) is 15.3 Å². The Kier molecular flexibility index (Phi) is 5.40. The van der Waals surface area contributed by atoms with E-state index in [9.17, 15) is 4.79 Å². The lowest BCUT2D eigenvalue weighted by atomic mass is 10.1. The van der Waals surface area contributed by atoms with Gasteiger partial charge in [-0.15, -0.1) is 0 Å². The number of anilines is 1. The van der Waals surface area contributed by atoms with Crippen LogP contribution in [0.1, 0.15) is 26.2 Å². The van der Waals surface area contributed by atoms with Crippen LogP contribution in [0.25, 0.3) is 0 Å². The quantitative estimate of drug-likeness (QED) is 0.788. The highest BCUT2D eigenvalue weighted by molar-refractivity contribution is 5.77. The standard InChI is InChI=1S/C14H24N4O2/c1-3-7-20-11-14(19)16-12-5-4-6-18(9-12)13-8-15-17(2)10-13/h8,10,12H,3-7,9,11H2,1-2H3,(H,16,19). The van der Waals surface area contributed by atoms with Crippen molar-refractivity contribution in [1.82, 2.24) is 15.1 Å². The molecule has 20 heavy (non-hydrogen) atoms. The van der Waals surface area contributed by atoms with Crippen molar-refractivity contribution in [3.63, 3.8) is 0 Å². The number of ether oxygens (including phenoxy) is 1. The van der Waals surface area contributed by atoms with Crippen molar-refractivity contribution in [2.24, 2.45) is 7.05 Å². The molecule has 1 fully saturated rings. The van der Waals surface area contributed by atoms with Crippen LogP contribution in [0.3, 0.4) is 0 Å². The van der Waals surface area contributed by atoms with E-state index in [0.717, 1.165) is 38.0 Å². The van der Waals surface area contributed by atoms with Crippen molar-refractivity contribution in [3.05, 3.63) is 12.4 Å². The van der Waals surface area contributed by atoms with Gasteiger partial charge >= 0.3 is 0 Å². The Labute approximate surface area is 120 Å². The molecule has 1 amide bonds. The third-order valence-corrected chi connectivity index (χ3v) is 3.42. The highest BCUT2D eigenvalue weighted by Crippen LogP contribution is 2.18.